The van der Waals surface area contributed by atoms with Crippen LogP contribution in [-0.2, 0) is 23.9 Å². The first-order valence-electron chi connectivity index (χ1n) is 10.9. The Hall–Kier alpha value is -3.94. The number of hydrogen-bond donors (Lipinski definition) is 0. The molecule has 0 unspecified atom stereocenters. The van der Waals surface area contributed by atoms with Gasteiger partial charge in [0.05, 0.1) is 38.1 Å². The van der Waals surface area contributed by atoms with E-state index in [2.05, 4.69) is 0 Å². The molecule has 0 radical (unpaired) electrons. The van der Waals surface area contributed by atoms with Crippen LogP contribution in [0.1, 0.15) is 24.4 Å². The molecule has 0 N–H and O–H groups in total. The molecule has 0 aromatic heterocycles. The molecule has 8 nitrogen and oxygen atoms in total. The van der Waals surface area contributed by atoms with Crippen LogP contribution in [0.2, 0.25) is 0 Å². The summed E-state index contributed by atoms with van der Waals surface area (Å²) < 4.78 is 15.6. The number of piperidine rings is 1. The third-order valence-electron chi connectivity index (χ3n) is 6.34. The molecule has 2 aromatic rings. The summed E-state index contributed by atoms with van der Waals surface area (Å²) in [6.45, 7) is 0. The minimum absolute atomic E-state index is 0.0209. The van der Waals surface area contributed by atoms with Gasteiger partial charge in [0.15, 0.2) is 5.78 Å². The summed E-state index contributed by atoms with van der Waals surface area (Å²) in [6.07, 6.45) is 1.04. The number of benzene rings is 2. The number of rotatable bonds is 4. The van der Waals surface area contributed by atoms with E-state index in [0.717, 1.165) is 0 Å². The first kappa shape index (κ1) is 23.2. The van der Waals surface area contributed by atoms with Crippen LogP contribution in [0.3, 0.4) is 0 Å². The fourth-order valence-electron chi connectivity index (χ4n) is 4.78. The lowest BCUT2D eigenvalue weighted by molar-refractivity contribution is -0.161. The van der Waals surface area contributed by atoms with E-state index in [1.165, 1.54) is 19.1 Å². The van der Waals surface area contributed by atoms with Gasteiger partial charge in [0, 0.05) is 12.0 Å². The fourth-order valence-corrected chi connectivity index (χ4v) is 4.78. The van der Waals surface area contributed by atoms with E-state index < -0.39 is 42.0 Å². The maximum atomic E-state index is 13.6. The van der Waals surface area contributed by atoms with Crippen LogP contribution in [0.15, 0.2) is 72.3 Å². The van der Waals surface area contributed by atoms with Gasteiger partial charge in [-0.1, -0.05) is 54.6 Å². The summed E-state index contributed by atoms with van der Waals surface area (Å²) >= 11 is 0. The molecule has 1 saturated heterocycles. The zero-order valence-electron chi connectivity index (χ0n) is 18.9. The fraction of sp³-hybridized carbons (Fsp3) is 0.308. The van der Waals surface area contributed by atoms with Crippen LogP contribution in [-0.4, -0.2) is 49.0 Å². The number of carbonyl (C=O) groups is 4. The van der Waals surface area contributed by atoms with Crippen molar-refractivity contribution >= 4 is 23.8 Å². The van der Waals surface area contributed by atoms with Gasteiger partial charge in [0.25, 0.3) is 0 Å². The Morgan fingerprint density at radius 1 is 0.882 bits per heavy atom. The van der Waals surface area contributed by atoms with Gasteiger partial charge in [-0.3, -0.25) is 19.3 Å². The molecule has 1 fully saturated rings. The number of ether oxygens (including phenoxy) is 3. The lowest BCUT2D eigenvalue weighted by atomic mass is 9.70. The number of fused-ring (bicyclic) bond motifs is 1. The van der Waals surface area contributed by atoms with E-state index in [4.69, 9.17) is 14.2 Å². The van der Waals surface area contributed by atoms with Gasteiger partial charge in [-0.2, -0.15) is 0 Å². The summed E-state index contributed by atoms with van der Waals surface area (Å²) in [6, 6.07) is 15.8. The first-order valence-corrected chi connectivity index (χ1v) is 10.9. The molecule has 4 rings (SSSR count). The predicted octanol–water partition coefficient (Wildman–Crippen LogP) is 3.48. The molecule has 1 heterocycles. The quantitative estimate of drug-likeness (QED) is 0.640. The van der Waals surface area contributed by atoms with Crippen LogP contribution >= 0.6 is 0 Å². The van der Waals surface area contributed by atoms with Gasteiger partial charge in [-0.25, -0.2) is 4.79 Å². The van der Waals surface area contributed by atoms with E-state index in [-0.39, 0.29) is 18.6 Å². The van der Waals surface area contributed by atoms with E-state index >= 15 is 0 Å². The Bertz CT molecular complexity index is 1110. The van der Waals surface area contributed by atoms with Crippen molar-refractivity contribution in [2.75, 3.05) is 14.2 Å². The molecule has 176 valence electrons. The highest BCUT2D eigenvalue weighted by Crippen LogP contribution is 2.44. The minimum Gasteiger partial charge on any atom is -0.469 e. The molecule has 8 heteroatoms. The monoisotopic (exact) mass is 463 g/mol. The molecule has 0 saturated carbocycles. The van der Waals surface area contributed by atoms with Crippen LogP contribution in [0.4, 0.5) is 4.79 Å². The number of ketones is 1. The number of amides is 1. The summed E-state index contributed by atoms with van der Waals surface area (Å²) in [5.74, 6) is -3.24. The van der Waals surface area contributed by atoms with Crippen molar-refractivity contribution in [3.63, 3.8) is 0 Å². The standard InChI is InChI=1S/C26H25NO7/c1-32-24(29)19-14-13-18-21(28)15-20(16-9-5-3-6-10-16)27(23(18)22(19)25(30)33-2)26(31)34-17-11-7-4-8-12-17/h3-13,19-20,22-23H,14-15H2,1-2H3/t19-,20-,22+,23-/m1/s1. The molecule has 0 bridgehead atoms. The summed E-state index contributed by atoms with van der Waals surface area (Å²) in [5.41, 5.74) is 1.01. The maximum Gasteiger partial charge on any atom is 0.416 e. The van der Waals surface area contributed by atoms with Gasteiger partial charge >= 0.3 is 18.0 Å². The van der Waals surface area contributed by atoms with Crippen LogP contribution in [0.5, 0.6) is 5.75 Å². The largest absolute Gasteiger partial charge is 0.469 e. The molecule has 34 heavy (non-hydrogen) atoms. The highest BCUT2D eigenvalue weighted by molar-refractivity contribution is 6.01. The van der Waals surface area contributed by atoms with Crippen molar-refractivity contribution in [3.8, 4) is 5.75 Å². The normalized spacial score (nSPS) is 23.9. The van der Waals surface area contributed by atoms with Gasteiger partial charge in [-0.05, 0) is 24.1 Å². The van der Waals surface area contributed by atoms with Gasteiger partial charge < -0.3 is 14.2 Å². The second-order valence-corrected chi connectivity index (χ2v) is 8.16. The average Bonchev–Trinajstić information content (AvgIpc) is 2.88. The molecule has 1 aliphatic carbocycles. The molecule has 1 aliphatic heterocycles. The van der Waals surface area contributed by atoms with Crippen molar-refractivity contribution < 1.29 is 33.4 Å². The minimum atomic E-state index is -1.13. The van der Waals surface area contributed by atoms with E-state index in [1.807, 2.05) is 30.3 Å². The van der Waals surface area contributed by atoms with E-state index in [9.17, 15) is 19.2 Å². The number of carbonyl (C=O) groups excluding carboxylic acids is 4. The van der Waals surface area contributed by atoms with Crippen molar-refractivity contribution in [2.24, 2.45) is 11.8 Å². The SMILES string of the molecule is COC(=O)[C@@H]1[C@H]2C(=CC[C@H]1C(=O)OC)C(=O)C[C@H](c1ccccc1)N2C(=O)Oc1ccccc1. The molecular weight excluding hydrogens is 438 g/mol. The smallest absolute Gasteiger partial charge is 0.416 e. The van der Waals surface area contributed by atoms with Gasteiger partial charge in [0.2, 0.25) is 0 Å². The number of esters is 2. The van der Waals surface area contributed by atoms with Gasteiger partial charge in [0.1, 0.15) is 5.75 Å². The number of nitrogens with zero attached hydrogens (tertiary/aromatic N) is 1. The zero-order chi connectivity index (χ0) is 24.2. The Kier molecular flexibility index (Phi) is 6.77. The molecule has 2 aliphatic rings. The number of para-hydroxylation sites is 1. The van der Waals surface area contributed by atoms with Crippen molar-refractivity contribution in [2.45, 2.75) is 24.9 Å². The third kappa shape index (κ3) is 4.31. The van der Waals surface area contributed by atoms with Crippen molar-refractivity contribution in [1.29, 1.82) is 0 Å². The van der Waals surface area contributed by atoms with Gasteiger partial charge in [-0.15, -0.1) is 0 Å². The average molecular weight is 463 g/mol. The Morgan fingerprint density at radius 2 is 1.50 bits per heavy atom. The summed E-state index contributed by atoms with van der Waals surface area (Å²) in [5, 5.41) is 0. The Labute approximate surface area is 197 Å². The number of likely N-dealkylation sites (tertiary alicyclic amines) is 1. The number of allylic oxidation sites excluding steroid dienone is 1. The Balaban J connectivity index is 1.84. The topological polar surface area (TPSA) is 99.2 Å². The predicted molar refractivity (Wildman–Crippen MR) is 121 cm³/mol. The number of methoxy groups -OCH3 is 2. The lowest BCUT2D eigenvalue weighted by Crippen LogP contribution is -2.59. The second-order valence-electron chi connectivity index (χ2n) is 8.16. The second kappa shape index (κ2) is 9.91. The van der Waals surface area contributed by atoms with E-state index in [1.54, 1.807) is 36.4 Å². The summed E-state index contributed by atoms with van der Waals surface area (Å²) in [4.78, 5) is 53.8. The first-order chi connectivity index (χ1) is 16.5. The zero-order valence-corrected chi connectivity index (χ0v) is 18.9. The van der Waals surface area contributed by atoms with Crippen molar-refractivity contribution in [1.82, 2.24) is 4.90 Å². The van der Waals surface area contributed by atoms with E-state index in [0.29, 0.717) is 16.9 Å². The molecule has 0 spiro atoms. The Morgan fingerprint density at radius 3 is 2.12 bits per heavy atom. The molecular formula is C26H25NO7. The molecule has 1 amide bonds. The number of hydrogen-bond acceptors (Lipinski definition) is 7. The van der Waals surface area contributed by atoms with Crippen LogP contribution in [0, 0.1) is 11.8 Å². The van der Waals surface area contributed by atoms with Crippen molar-refractivity contribution in [3.05, 3.63) is 77.9 Å². The van der Waals surface area contributed by atoms with Crippen LogP contribution < -0.4 is 4.74 Å². The lowest BCUT2D eigenvalue weighted by Gasteiger charge is -2.47. The third-order valence-corrected chi connectivity index (χ3v) is 6.34. The maximum absolute atomic E-state index is 13.6. The molecule has 4 atom stereocenters. The highest BCUT2D eigenvalue weighted by atomic mass is 16.6. The molecule has 2 aromatic carbocycles. The van der Waals surface area contributed by atoms with Crippen LogP contribution in [0.25, 0.3) is 0 Å². The summed E-state index contributed by atoms with van der Waals surface area (Å²) in [7, 11) is 2.44. The highest BCUT2D eigenvalue weighted by Gasteiger charge is 2.54. The number of Topliss-reactive ketones (excluding diaryl/α,β-unsaturated/α-hetero) is 1.